The maximum Gasteiger partial charge on any atom is 0.0704 e. The van der Waals surface area contributed by atoms with Crippen molar-refractivity contribution in [2.24, 2.45) is 34.5 Å². The predicted molar refractivity (Wildman–Crippen MR) is 91.2 cm³/mol. The number of hydrogen-bond donors (Lipinski definition) is 0. The highest BCUT2D eigenvalue weighted by Gasteiger charge is 2.62. The molecule has 0 amide bonds. The fourth-order valence-corrected chi connectivity index (χ4v) is 8.09. The van der Waals surface area contributed by atoms with Gasteiger partial charge in [-0.3, -0.25) is 0 Å². The zero-order valence-corrected chi connectivity index (χ0v) is 14.9. The average Bonchev–Trinajstić information content (AvgIpc) is 2.81. The van der Waals surface area contributed by atoms with E-state index in [4.69, 9.17) is 9.47 Å². The third-order valence-electron chi connectivity index (χ3n) is 9.14. The molecule has 4 saturated carbocycles. The first-order valence-corrected chi connectivity index (χ1v) is 10.4. The van der Waals surface area contributed by atoms with Crippen LogP contribution in [0.15, 0.2) is 0 Å². The van der Waals surface area contributed by atoms with Gasteiger partial charge in [0, 0.05) is 5.41 Å². The van der Waals surface area contributed by atoms with Crippen LogP contribution in [-0.4, -0.2) is 25.9 Å². The molecule has 0 N–H and O–H groups in total. The minimum Gasteiger partial charge on any atom is -0.378 e. The predicted octanol–water partition coefficient (Wildman–Crippen LogP) is 4.81. The number of ether oxygens (including phenoxy) is 2. The summed E-state index contributed by atoms with van der Waals surface area (Å²) in [5.74, 6) is 3.90. The minimum atomic E-state index is 0.384. The molecule has 2 unspecified atom stereocenters. The molecular weight excluding hydrogens is 284 g/mol. The van der Waals surface area contributed by atoms with Gasteiger partial charge in [-0.2, -0.15) is 0 Å². The first-order chi connectivity index (χ1) is 11.2. The summed E-state index contributed by atoms with van der Waals surface area (Å²) in [5.41, 5.74) is 1.04. The van der Waals surface area contributed by atoms with Crippen molar-refractivity contribution in [2.45, 2.75) is 77.2 Å². The molecule has 1 spiro atoms. The smallest absolute Gasteiger partial charge is 0.0704 e. The Morgan fingerprint density at radius 2 is 1.78 bits per heavy atom. The number of fused-ring (bicyclic) bond motifs is 4. The van der Waals surface area contributed by atoms with Crippen molar-refractivity contribution in [3.63, 3.8) is 0 Å². The Hall–Kier alpha value is -0.0800. The lowest BCUT2D eigenvalue weighted by Gasteiger charge is -2.60. The number of hydrogen-bond acceptors (Lipinski definition) is 2. The van der Waals surface area contributed by atoms with Gasteiger partial charge in [-0.15, -0.1) is 0 Å². The van der Waals surface area contributed by atoms with E-state index in [0.717, 1.165) is 43.5 Å². The molecule has 7 atom stereocenters. The summed E-state index contributed by atoms with van der Waals surface area (Å²) in [6.07, 6.45) is 15.1. The van der Waals surface area contributed by atoms with Gasteiger partial charge in [-0.25, -0.2) is 0 Å². The quantitative estimate of drug-likeness (QED) is 0.638. The van der Waals surface area contributed by atoms with E-state index in [9.17, 15) is 0 Å². The Kier molecular flexibility index (Phi) is 3.61. The molecule has 0 radical (unpaired) electrons. The highest BCUT2D eigenvalue weighted by molar-refractivity contribution is 5.11. The van der Waals surface area contributed by atoms with Gasteiger partial charge in [0.05, 0.1) is 25.9 Å². The van der Waals surface area contributed by atoms with Crippen molar-refractivity contribution < 1.29 is 9.47 Å². The monoisotopic (exact) mass is 318 g/mol. The van der Waals surface area contributed by atoms with E-state index in [-0.39, 0.29) is 0 Å². The van der Waals surface area contributed by atoms with E-state index in [1.807, 2.05) is 0 Å². The second-order valence-electron chi connectivity index (χ2n) is 9.66. The standard InChI is InChI=1S/C21H34O2/c1-20-10-3-2-4-15(20)5-6-16-17(20)9-11-21-14-22-12-13-23-19(21)8-7-18(16)21/h15-19H,2-14H2,1H3/t15?,16-,17+,18+,19?,20+,21-/m1/s1. The first-order valence-electron chi connectivity index (χ1n) is 10.4. The highest BCUT2D eigenvalue weighted by atomic mass is 16.5. The average molecular weight is 319 g/mol. The fraction of sp³-hybridized carbons (Fsp3) is 1.00. The molecule has 1 heterocycles. The summed E-state index contributed by atoms with van der Waals surface area (Å²) >= 11 is 0. The summed E-state index contributed by atoms with van der Waals surface area (Å²) < 4.78 is 12.3. The molecule has 23 heavy (non-hydrogen) atoms. The van der Waals surface area contributed by atoms with E-state index in [0.29, 0.717) is 16.9 Å². The molecule has 2 heteroatoms. The van der Waals surface area contributed by atoms with Crippen LogP contribution in [0.3, 0.4) is 0 Å². The SMILES string of the molecule is C[C@]12CCCCC1CC[C@H]1[C@@H]3CCC4OCCOC[C@@]43CC[C@@H]12. The van der Waals surface area contributed by atoms with Crippen LogP contribution in [0.4, 0.5) is 0 Å². The fourth-order valence-electron chi connectivity index (χ4n) is 8.09. The molecule has 2 nitrogen and oxygen atoms in total. The van der Waals surface area contributed by atoms with E-state index < -0.39 is 0 Å². The second kappa shape index (κ2) is 5.46. The molecule has 4 aliphatic carbocycles. The van der Waals surface area contributed by atoms with E-state index in [2.05, 4.69) is 6.92 Å². The Morgan fingerprint density at radius 1 is 0.826 bits per heavy atom. The van der Waals surface area contributed by atoms with Crippen molar-refractivity contribution in [3.05, 3.63) is 0 Å². The van der Waals surface area contributed by atoms with Gasteiger partial charge in [0.15, 0.2) is 0 Å². The van der Waals surface area contributed by atoms with Gasteiger partial charge in [0.1, 0.15) is 0 Å². The molecule has 0 aromatic heterocycles. The Labute approximate surface area is 141 Å². The molecule has 0 aromatic carbocycles. The molecule has 130 valence electrons. The highest BCUT2D eigenvalue weighted by Crippen LogP contribution is 2.66. The van der Waals surface area contributed by atoms with Gasteiger partial charge in [0.25, 0.3) is 0 Å². The molecule has 1 aliphatic heterocycles. The third-order valence-corrected chi connectivity index (χ3v) is 9.14. The topological polar surface area (TPSA) is 18.5 Å². The minimum absolute atomic E-state index is 0.384. The van der Waals surface area contributed by atoms with Crippen LogP contribution in [0.25, 0.3) is 0 Å². The van der Waals surface area contributed by atoms with Gasteiger partial charge in [0.2, 0.25) is 0 Å². The summed E-state index contributed by atoms with van der Waals surface area (Å²) in [6, 6.07) is 0. The van der Waals surface area contributed by atoms with Gasteiger partial charge >= 0.3 is 0 Å². The maximum atomic E-state index is 6.27. The van der Waals surface area contributed by atoms with Crippen molar-refractivity contribution in [2.75, 3.05) is 19.8 Å². The molecule has 0 bridgehead atoms. The van der Waals surface area contributed by atoms with Crippen LogP contribution < -0.4 is 0 Å². The van der Waals surface area contributed by atoms with Gasteiger partial charge < -0.3 is 9.47 Å². The second-order valence-corrected chi connectivity index (χ2v) is 9.66. The lowest BCUT2D eigenvalue weighted by Crippen LogP contribution is -2.55. The first kappa shape index (κ1) is 15.2. The molecule has 5 rings (SSSR count). The summed E-state index contributed by atoms with van der Waals surface area (Å²) in [7, 11) is 0. The lowest BCUT2D eigenvalue weighted by molar-refractivity contribution is -0.139. The van der Waals surface area contributed by atoms with Crippen molar-refractivity contribution in [1.82, 2.24) is 0 Å². The normalized spacial score (nSPS) is 56.0. The summed E-state index contributed by atoms with van der Waals surface area (Å²) in [5, 5.41) is 0. The van der Waals surface area contributed by atoms with Crippen LogP contribution in [0, 0.1) is 34.5 Å². The van der Waals surface area contributed by atoms with E-state index in [1.165, 1.54) is 64.2 Å². The van der Waals surface area contributed by atoms with Gasteiger partial charge in [-0.1, -0.05) is 19.8 Å². The Balaban J connectivity index is 1.46. The largest absolute Gasteiger partial charge is 0.378 e. The Morgan fingerprint density at radius 3 is 2.74 bits per heavy atom. The van der Waals surface area contributed by atoms with Crippen molar-refractivity contribution in [3.8, 4) is 0 Å². The van der Waals surface area contributed by atoms with Crippen LogP contribution in [-0.2, 0) is 9.47 Å². The third kappa shape index (κ3) is 2.06. The molecule has 1 saturated heterocycles. The zero-order valence-electron chi connectivity index (χ0n) is 14.9. The van der Waals surface area contributed by atoms with E-state index >= 15 is 0 Å². The van der Waals surface area contributed by atoms with Crippen molar-refractivity contribution >= 4 is 0 Å². The molecule has 5 fully saturated rings. The lowest BCUT2D eigenvalue weighted by atomic mass is 9.45. The van der Waals surface area contributed by atoms with Crippen LogP contribution in [0.2, 0.25) is 0 Å². The van der Waals surface area contributed by atoms with Crippen LogP contribution in [0.5, 0.6) is 0 Å². The van der Waals surface area contributed by atoms with E-state index in [1.54, 1.807) is 0 Å². The van der Waals surface area contributed by atoms with Crippen LogP contribution in [0.1, 0.15) is 71.1 Å². The maximum absolute atomic E-state index is 6.27. The summed E-state index contributed by atoms with van der Waals surface area (Å²) in [6.45, 7) is 5.32. The molecule has 0 aromatic rings. The molecular formula is C21H34O2. The van der Waals surface area contributed by atoms with Gasteiger partial charge in [-0.05, 0) is 80.5 Å². The summed E-state index contributed by atoms with van der Waals surface area (Å²) in [4.78, 5) is 0. The Bertz CT molecular complexity index is 463. The number of rotatable bonds is 0. The van der Waals surface area contributed by atoms with Crippen molar-refractivity contribution in [1.29, 1.82) is 0 Å². The zero-order chi connectivity index (χ0) is 15.5. The molecule has 5 aliphatic rings. The van der Waals surface area contributed by atoms with Crippen LogP contribution >= 0.6 is 0 Å².